The van der Waals surface area contributed by atoms with Gasteiger partial charge in [0.1, 0.15) is 0 Å². The third-order valence-electron chi connectivity index (χ3n) is 1.65. The molecule has 0 saturated carbocycles. The van der Waals surface area contributed by atoms with Gasteiger partial charge < -0.3 is 16.4 Å². The second kappa shape index (κ2) is 7.64. The normalized spacial score (nSPS) is 12.9. The molecule has 14 heavy (non-hydrogen) atoms. The van der Waals surface area contributed by atoms with E-state index in [2.05, 4.69) is 10.6 Å². The molecule has 0 rings (SSSR count). The van der Waals surface area contributed by atoms with E-state index in [0.29, 0.717) is 6.54 Å². The lowest BCUT2D eigenvalue weighted by Crippen LogP contribution is -2.42. The molecular weight excluding hydrogens is 192 g/mol. The summed E-state index contributed by atoms with van der Waals surface area (Å²) in [5, 5.41) is 5.10. The molecule has 1 amide bonds. The molecular formula is C8H17F2N3O. The van der Waals surface area contributed by atoms with Gasteiger partial charge in [0.05, 0.1) is 6.54 Å². The first-order valence-electron chi connectivity index (χ1n) is 4.58. The molecule has 1 unspecified atom stereocenters. The van der Waals surface area contributed by atoms with Gasteiger partial charge in [-0.2, -0.15) is 0 Å². The van der Waals surface area contributed by atoms with Crippen LogP contribution in [0.2, 0.25) is 0 Å². The number of carbonyl (C=O) groups is 1. The summed E-state index contributed by atoms with van der Waals surface area (Å²) >= 11 is 0. The van der Waals surface area contributed by atoms with Gasteiger partial charge in [-0.15, -0.1) is 0 Å². The lowest BCUT2D eigenvalue weighted by Gasteiger charge is -2.15. The van der Waals surface area contributed by atoms with Crippen molar-refractivity contribution < 1.29 is 13.6 Å². The molecule has 0 aliphatic carbocycles. The predicted octanol–water partition coefficient (Wildman–Crippen LogP) is -0.305. The predicted molar refractivity (Wildman–Crippen MR) is 50.1 cm³/mol. The van der Waals surface area contributed by atoms with E-state index < -0.39 is 13.0 Å². The number of nitrogens with one attached hydrogen (secondary N) is 2. The molecule has 0 spiro atoms. The maximum absolute atomic E-state index is 11.8. The van der Waals surface area contributed by atoms with Crippen molar-refractivity contribution in [3.8, 4) is 0 Å². The van der Waals surface area contributed by atoms with Crippen molar-refractivity contribution in [2.24, 2.45) is 5.73 Å². The molecule has 0 saturated heterocycles. The zero-order valence-corrected chi connectivity index (χ0v) is 8.22. The molecule has 0 heterocycles. The van der Waals surface area contributed by atoms with E-state index in [0.717, 1.165) is 0 Å². The summed E-state index contributed by atoms with van der Waals surface area (Å²) in [6, 6.07) is -0.379. The topological polar surface area (TPSA) is 67.2 Å². The zero-order valence-electron chi connectivity index (χ0n) is 8.22. The fourth-order valence-corrected chi connectivity index (χ4v) is 0.988. The van der Waals surface area contributed by atoms with Crippen LogP contribution in [0.1, 0.15) is 13.3 Å². The summed E-state index contributed by atoms with van der Waals surface area (Å²) in [5.74, 6) is -0.176. The van der Waals surface area contributed by atoms with Crippen LogP contribution >= 0.6 is 0 Å². The zero-order chi connectivity index (χ0) is 11.0. The van der Waals surface area contributed by atoms with Crippen molar-refractivity contribution in [3.63, 3.8) is 0 Å². The van der Waals surface area contributed by atoms with Crippen molar-refractivity contribution in [1.29, 1.82) is 0 Å². The van der Waals surface area contributed by atoms with Crippen molar-refractivity contribution in [1.82, 2.24) is 10.6 Å². The van der Waals surface area contributed by atoms with Gasteiger partial charge in [0.15, 0.2) is 0 Å². The molecule has 0 aliphatic rings. The largest absolute Gasteiger partial charge is 0.356 e. The van der Waals surface area contributed by atoms with Gasteiger partial charge in [-0.3, -0.25) is 4.79 Å². The fraction of sp³-hybridized carbons (Fsp3) is 0.875. The van der Waals surface area contributed by atoms with E-state index in [1.807, 2.05) is 0 Å². The highest BCUT2D eigenvalue weighted by Gasteiger charge is 2.13. The van der Waals surface area contributed by atoms with E-state index in [1.54, 1.807) is 6.92 Å². The maximum atomic E-state index is 11.8. The third-order valence-corrected chi connectivity index (χ3v) is 1.65. The summed E-state index contributed by atoms with van der Waals surface area (Å²) in [6.45, 7) is 2.07. The maximum Gasteiger partial charge on any atom is 0.250 e. The number of hydrogen-bond acceptors (Lipinski definition) is 3. The summed E-state index contributed by atoms with van der Waals surface area (Å²) in [5.41, 5.74) is 5.32. The van der Waals surface area contributed by atoms with Gasteiger partial charge in [0, 0.05) is 25.6 Å². The van der Waals surface area contributed by atoms with Gasteiger partial charge >= 0.3 is 0 Å². The highest BCUT2D eigenvalue weighted by atomic mass is 19.3. The van der Waals surface area contributed by atoms with Gasteiger partial charge in [0.25, 0.3) is 6.43 Å². The molecule has 84 valence electrons. The van der Waals surface area contributed by atoms with Crippen LogP contribution in [0.3, 0.4) is 0 Å². The smallest absolute Gasteiger partial charge is 0.250 e. The number of alkyl halides is 2. The number of amides is 1. The molecule has 1 atom stereocenters. The number of hydrogen-bond donors (Lipinski definition) is 3. The number of halogens is 2. The lowest BCUT2D eigenvalue weighted by molar-refractivity contribution is -0.121. The molecule has 0 bridgehead atoms. The molecule has 0 aliphatic heterocycles. The first-order chi connectivity index (χ1) is 6.60. The van der Waals surface area contributed by atoms with Gasteiger partial charge in [-0.1, -0.05) is 0 Å². The molecule has 0 aromatic carbocycles. The molecule has 4 N–H and O–H groups in total. The Morgan fingerprint density at radius 1 is 1.50 bits per heavy atom. The summed E-state index contributed by atoms with van der Waals surface area (Å²) < 4.78 is 23.6. The average Bonchev–Trinajstić information content (AvgIpc) is 2.12. The van der Waals surface area contributed by atoms with E-state index in [4.69, 9.17) is 5.73 Å². The molecule has 0 aromatic heterocycles. The molecule has 4 nitrogen and oxygen atoms in total. The van der Waals surface area contributed by atoms with Gasteiger partial charge in [-0.25, -0.2) is 8.78 Å². The standard InChI is InChI=1S/C8H17F2N3O/c1-2-12-8(14)3-6(4-11)13-5-7(9)10/h6-7,13H,2-5,11H2,1H3,(H,12,14). The van der Waals surface area contributed by atoms with E-state index in [-0.39, 0.29) is 24.9 Å². The molecule has 0 radical (unpaired) electrons. The van der Waals surface area contributed by atoms with Crippen LogP contribution in [-0.2, 0) is 4.79 Å². The Morgan fingerprint density at radius 3 is 2.57 bits per heavy atom. The average molecular weight is 209 g/mol. The van der Waals surface area contributed by atoms with Crippen molar-refractivity contribution in [2.75, 3.05) is 19.6 Å². The first-order valence-corrected chi connectivity index (χ1v) is 4.58. The van der Waals surface area contributed by atoms with Gasteiger partial charge in [0.2, 0.25) is 5.91 Å². The molecule has 0 aromatic rings. The Morgan fingerprint density at radius 2 is 2.14 bits per heavy atom. The molecule has 6 heteroatoms. The first kappa shape index (κ1) is 13.2. The summed E-state index contributed by atoms with van der Waals surface area (Å²) in [6.07, 6.45) is -2.28. The van der Waals surface area contributed by atoms with Crippen LogP contribution in [0.15, 0.2) is 0 Å². The van der Waals surface area contributed by atoms with Crippen molar-refractivity contribution in [2.45, 2.75) is 25.8 Å². The van der Waals surface area contributed by atoms with Crippen LogP contribution in [0.4, 0.5) is 8.78 Å². The van der Waals surface area contributed by atoms with Crippen molar-refractivity contribution in [3.05, 3.63) is 0 Å². The van der Waals surface area contributed by atoms with Crippen LogP contribution in [0.5, 0.6) is 0 Å². The van der Waals surface area contributed by atoms with E-state index in [9.17, 15) is 13.6 Å². The summed E-state index contributed by atoms with van der Waals surface area (Å²) in [7, 11) is 0. The Hall–Kier alpha value is -0.750. The monoisotopic (exact) mass is 209 g/mol. The lowest BCUT2D eigenvalue weighted by atomic mass is 10.2. The molecule has 0 fully saturated rings. The highest BCUT2D eigenvalue weighted by molar-refractivity contribution is 5.76. The Kier molecular flexibility index (Phi) is 7.23. The minimum atomic E-state index is -2.42. The van der Waals surface area contributed by atoms with Crippen LogP contribution in [0.25, 0.3) is 0 Å². The Balaban J connectivity index is 3.72. The highest BCUT2D eigenvalue weighted by Crippen LogP contribution is 1.93. The van der Waals surface area contributed by atoms with E-state index >= 15 is 0 Å². The van der Waals surface area contributed by atoms with E-state index in [1.165, 1.54) is 0 Å². The summed E-state index contributed by atoms with van der Waals surface area (Å²) in [4.78, 5) is 11.1. The fourth-order valence-electron chi connectivity index (χ4n) is 0.988. The van der Waals surface area contributed by atoms with Gasteiger partial charge in [-0.05, 0) is 6.92 Å². The number of carbonyl (C=O) groups excluding carboxylic acids is 1. The number of rotatable bonds is 7. The second-order valence-electron chi connectivity index (χ2n) is 2.89. The second-order valence-corrected chi connectivity index (χ2v) is 2.89. The Bertz CT molecular complexity index is 167. The quantitative estimate of drug-likeness (QED) is 0.539. The third kappa shape index (κ3) is 6.73. The van der Waals surface area contributed by atoms with Crippen molar-refractivity contribution >= 4 is 5.91 Å². The Labute approximate surface area is 82.2 Å². The minimum Gasteiger partial charge on any atom is -0.356 e. The number of nitrogens with two attached hydrogens (primary N) is 1. The van der Waals surface area contributed by atoms with Crippen LogP contribution in [0, 0.1) is 0 Å². The van der Waals surface area contributed by atoms with Crippen LogP contribution < -0.4 is 16.4 Å². The van der Waals surface area contributed by atoms with Crippen LogP contribution in [-0.4, -0.2) is 38.0 Å². The SMILES string of the molecule is CCNC(=O)CC(CN)NCC(F)F. The minimum absolute atomic E-state index is 0.136.